The SMILES string of the molecule is NC(=O)N/N=C(/C[C@@H]1OC(=O)c2ccccc21)c1ccco1. The van der Waals surface area contributed by atoms with E-state index >= 15 is 0 Å². The number of hydrogen-bond donors (Lipinski definition) is 2. The van der Waals surface area contributed by atoms with Gasteiger partial charge in [-0.1, -0.05) is 18.2 Å². The first-order valence-corrected chi connectivity index (χ1v) is 6.61. The third-order valence-corrected chi connectivity index (χ3v) is 3.26. The number of hydrogen-bond acceptors (Lipinski definition) is 5. The molecule has 7 nitrogen and oxygen atoms in total. The zero-order chi connectivity index (χ0) is 15.5. The fourth-order valence-corrected chi connectivity index (χ4v) is 2.31. The van der Waals surface area contributed by atoms with Gasteiger partial charge in [0.1, 0.15) is 17.6 Å². The molecule has 1 aromatic heterocycles. The molecule has 0 saturated heterocycles. The fourth-order valence-electron chi connectivity index (χ4n) is 2.31. The first-order chi connectivity index (χ1) is 10.6. The normalized spacial score (nSPS) is 17.0. The van der Waals surface area contributed by atoms with Gasteiger partial charge in [-0.2, -0.15) is 5.10 Å². The molecular weight excluding hydrogens is 286 g/mol. The number of benzene rings is 1. The van der Waals surface area contributed by atoms with E-state index < -0.39 is 12.1 Å². The van der Waals surface area contributed by atoms with E-state index in [2.05, 4.69) is 10.5 Å². The third kappa shape index (κ3) is 2.69. The van der Waals surface area contributed by atoms with E-state index in [1.807, 2.05) is 12.1 Å². The average molecular weight is 299 g/mol. The molecule has 1 aliphatic rings. The van der Waals surface area contributed by atoms with E-state index in [-0.39, 0.29) is 12.4 Å². The lowest BCUT2D eigenvalue weighted by molar-refractivity contribution is 0.0400. The van der Waals surface area contributed by atoms with E-state index in [1.54, 1.807) is 24.3 Å². The summed E-state index contributed by atoms with van der Waals surface area (Å²) in [5, 5.41) is 3.93. The lowest BCUT2D eigenvalue weighted by atomic mass is 10.0. The largest absolute Gasteiger partial charge is 0.463 e. The molecule has 1 aliphatic heterocycles. The summed E-state index contributed by atoms with van der Waals surface area (Å²) in [6.07, 6.45) is 1.27. The van der Waals surface area contributed by atoms with Crippen molar-refractivity contribution in [3.63, 3.8) is 0 Å². The van der Waals surface area contributed by atoms with E-state index in [1.165, 1.54) is 6.26 Å². The molecule has 0 bridgehead atoms. The van der Waals surface area contributed by atoms with Crippen LogP contribution in [0.15, 0.2) is 52.2 Å². The number of ether oxygens (including phenoxy) is 1. The Bertz CT molecular complexity index is 737. The lowest BCUT2D eigenvalue weighted by Crippen LogP contribution is -2.26. The molecule has 7 heteroatoms. The van der Waals surface area contributed by atoms with Crippen molar-refractivity contribution in [1.82, 2.24) is 5.43 Å². The molecule has 3 rings (SSSR count). The number of nitrogens with one attached hydrogen (secondary N) is 1. The number of nitrogens with two attached hydrogens (primary N) is 1. The Kier molecular flexibility index (Phi) is 3.61. The second-order valence-corrected chi connectivity index (χ2v) is 4.70. The summed E-state index contributed by atoms with van der Waals surface area (Å²) < 4.78 is 10.7. The molecule has 2 amide bonds. The maximum Gasteiger partial charge on any atom is 0.339 e. The molecule has 0 fully saturated rings. The molecular formula is C15H13N3O4. The molecule has 0 spiro atoms. The van der Waals surface area contributed by atoms with Crippen LogP contribution in [-0.4, -0.2) is 17.7 Å². The molecule has 0 aliphatic carbocycles. The Hall–Kier alpha value is -3.09. The second-order valence-electron chi connectivity index (χ2n) is 4.70. The van der Waals surface area contributed by atoms with Crippen molar-refractivity contribution in [1.29, 1.82) is 0 Å². The smallest absolute Gasteiger partial charge is 0.339 e. The highest BCUT2D eigenvalue weighted by Crippen LogP contribution is 2.33. The Morgan fingerprint density at radius 2 is 2.09 bits per heavy atom. The molecule has 2 heterocycles. The van der Waals surface area contributed by atoms with Crippen molar-refractivity contribution in [2.45, 2.75) is 12.5 Å². The molecule has 1 aromatic carbocycles. The number of nitrogens with zero attached hydrogens (tertiary/aromatic N) is 1. The van der Waals surface area contributed by atoms with Crippen molar-refractivity contribution in [2.75, 3.05) is 0 Å². The lowest BCUT2D eigenvalue weighted by Gasteiger charge is -2.11. The number of esters is 1. The fraction of sp³-hybridized carbons (Fsp3) is 0.133. The van der Waals surface area contributed by atoms with Gasteiger partial charge in [0.05, 0.1) is 11.8 Å². The van der Waals surface area contributed by atoms with Crippen molar-refractivity contribution < 1.29 is 18.7 Å². The van der Waals surface area contributed by atoms with Crippen LogP contribution >= 0.6 is 0 Å². The Morgan fingerprint density at radius 1 is 1.27 bits per heavy atom. The molecule has 22 heavy (non-hydrogen) atoms. The summed E-state index contributed by atoms with van der Waals surface area (Å²) >= 11 is 0. The van der Waals surface area contributed by atoms with Gasteiger partial charge in [0.25, 0.3) is 0 Å². The van der Waals surface area contributed by atoms with Crippen molar-refractivity contribution in [3.05, 3.63) is 59.5 Å². The number of urea groups is 1. The van der Waals surface area contributed by atoms with Crippen LogP contribution in [0.1, 0.15) is 34.2 Å². The first-order valence-electron chi connectivity index (χ1n) is 6.61. The molecule has 0 saturated carbocycles. The summed E-state index contributed by atoms with van der Waals surface area (Å²) in [6, 6.07) is 9.76. The Balaban J connectivity index is 1.87. The first kappa shape index (κ1) is 13.9. The average Bonchev–Trinajstić information content (AvgIpc) is 3.13. The molecule has 3 N–H and O–H groups in total. The van der Waals surface area contributed by atoms with Crippen LogP contribution in [0.2, 0.25) is 0 Å². The van der Waals surface area contributed by atoms with E-state index in [9.17, 15) is 9.59 Å². The highest BCUT2D eigenvalue weighted by molar-refractivity contribution is 6.00. The van der Waals surface area contributed by atoms with Gasteiger partial charge in [0.15, 0.2) is 0 Å². The highest BCUT2D eigenvalue weighted by atomic mass is 16.5. The van der Waals surface area contributed by atoms with E-state index in [0.29, 0.717) is 17.0 Å². The van der Waals surface area contributed by atoms with Crippen LogP contribution in [0, 0.1) is 0 Å². The number of hydrazone groups is 1. The quantitative estimate of drug-likeness (QED) is 0.511. The number of primary amides is 1. The number of fused-ring (bicyclic) bond motifs is 1. The molecule has 112 valence electrons. The van der Waals surface area contributed by atoms with Gasteiger partial charge in [0, 0.05) is 12.0 Å². The standard InChI is InChI=1S/C15H13N3O4/c16-15(20)18-17-11(12-6-3-7-21-12)8-13-9-4-1-2-5-10(9)14(19)22-13/h1-7,13H,8H2,(H3,16,18,20)/b17-11-/t13-/m0/s1. The number of rotatable bonds is 4. The molecule has 0 unspecified atom stereocenters. The summed E-state index contributed by atoms with van der Waals surface area (Å²) in [7, 11) is 0. The number of carbonyl (C=O) groups excluding carboxylic acids is 2. The summed E-state index contributed by atoms with van der Waals surface area (Å²) in [5.74, 6) is 0.0939. The van der Waals surface area contributed by atoms with Crippen LogP contribution in [0.3, 0.4) is 0 Å². The highest BCUT2D eigenvalue weighted by Gasteiger charge is 2.32. The number of amides is 2. The van der Waals surface area contributed by atoms with E-state index in [0.717, 1.165) is 5.56 Å². The van der Waals surface area contributed by atoms with E-state index in [4.69, 9.17) is 14.9 Å². The molecule has 0 radical (unpaired) electrons. The second kappa shape index (κ2) is 5.72. The predicted molar refractivity (Wildman–Crippen MR) is 77.2 cm³/mol. The third-order valence-electron chi connectivity index (χ3n) is 3.26. The minimum atomic E-state index is -0.784. The van der Waals surface area contributed by atoms with Gasteiger partial charge in [-0.25, -0.2) is 15.0 Å². The summed E-state index contributed by atoms with van der Waals surface area (Å²) in [6.45, 7) is 0. The van der Waals surface area contributed by atoms with Gasteiger partial charge >= 0.3 is 12.0 Å². The van der Waals surface area contributed by atoms with Gasteiger partial charge in [-0.15, -0.1) is 0 Å². The minimum Gasteiger partial charge on any atom is -0.463 e. The topological polar surface area (TPSA) is 107 Å². The maximum atomic E-state index is 11.8. The maximum absolute atomic E-state index is 11.8. The van der Waals surface area contributed by atoms with Crippen molar-refractivity contribution >= 4 is 17.7 Å². The Morgan fingerprint density at radius 3 is 2.82 bits per heavy atom. The van der Waals surface area contributed by atoms with Crippen molar-refractivity contribution in [2.24, 2.45) is 10.8 Å². The van der Waals surface area contributed by atoms with Crippen LogP contribution in [-0.2, 0) is 4.74 Å². The molecule has 1 atom stereocenters. The van der Waals surface area contributed by atoms with Crippen LogP contribution < -0.4 is 11.2 Å². The van der Waals surface area contributed by atoms with Gasteiger partial charge in [-0.3, -0.25) is 0 Å². The van der Waals surface area contributed by atoms with Crippen molar-refractivity contribution in [3.8, 4) is 0 Å². The van der Waals surface area contributed by atoms with Gasteiger partial charge in [-0.05, 0) is 18.2 Å². The van der Waals surface area contributed by atoms with Crippen LogP contribution in [0.4, 0.5) is 4.79 Å². The molecule has 2 aromatic rings. The summed E-state index contributed by atoms with van der Waals surface area (Å²) in [4.78, 5) is 22.7. The zero-order valence-electron chi connectivity index (χ0n) is 11.5. The zero-order valence-corrected chi connectivity index (χ0v) is 11.5. The minimum absolute atomic E-state index is 0.260. The predicted octanol–water partition coefficient (Wildman–Crippen LogP) is 1.95. The summed E-state index contributed by atoms with van der Waals surface area (Å²) in [5.41, 5.74) is 8.95. The Labute approximate surface area is 125 Å². The van der Waals surface area contributed by atoms with Gasteiger partial charge in [0.2, 0.25) is 0 Å². The van der Waals surface area contributed by atoms with Gasteiger partial charge < -0.3 is 14.9 Å². The number of carbonyl (C=O) groups is 2. The number of furan rings is 1. The monoisotopic (exact) mass is 299 g/mol. The van der Waals surface area contributed by atoms with Crippen LogP contribution in [0.25, 0.3) is 0 Å². The van der Waals surface area contributed by atoms with Crippen LogP contribution in [0.5, 0.6) is 0 Å². The number of cyclic esters (lactones) is 1.